The van der Waals surface area contributed by atoms with Crippen LogP contribution in [0, 0.1) is 0 Å². The Balaban J connectivity index is 3.83. The van der Waals surface area contributed by atoms with Crippen molar-refractivity contribution in [1.29, 1.82) is 0 Å². The molecule has 0 aromatic heterocycles. The minimum atomic E-state index is -4.75. The molecule has 0 spiro atoms. The van der Waals surface area contributed by atoms with Gasteiger partial charge in [0.05, 0.1) is 6.61 Å². The van der Waals surface area contributed by atoms with Gasteiger partial charge in [0.15, 0.2) is 6.10 Å². The Bertz CT molecular complexity index is 858. The summed E-state index contributed by atoms with van der Waals surface area (Å²) in [5.74, 6) is -0.882. The Morgan fingerprint density at radius 3 is 1.19 bits per heavy atom. The molecule has 0 rings (SSSR count). The van der Waals surface area contributed by atoms with E-state index < -0.39 is 32.5 Å². The maximum absolute atomic E-state index is 12.4. The number of rotatable bonds is 41. The van der Waals surface area contributed by atoms with Gasteiger partial charge in [0.2, 0.25) is 0 Å². The summed E-state index contributed by atoms with van der Waals surface area (Å²) in [5, 5.41) is 0. The first-order valence-electron chi connectivity index (χ1n) is 22.0. The van der Waals surface area contributed by atoms with Crippen molar-refractivity contribution in [2.24, 2.45) is 0 Å². The molecule has 0 aliphatic carbocycles. The van der Waals surface area contributed by atoms with E-state index in [4.69, 9.17) is 19.3 Å². The molecule has 0 unspecified atom stereocenters. The van der Waals surface area contributed by atoms with Crippen LogP contribution in [0.2, 0.25) is 0 Å². The van der Waals surface area contributed by atoms with Crippen LogP contribution in [0.1, 0.15) is 232 Å². The Morgan fingerprint density at radius 1 is 0.481 bits per heavy atom. The monoisotopic (exact) mass is 759 g/mol. The van der Waals surface area contributed by atoms with Crippen LogP contribution in [0.3, 0.4) is 0 Å². The lowest BCUT2D eigenvalue weighted by Gasteiger charge is -2.18. The predicted molar refractivity (Wildman–Crippen MR) is 216 cm³/mol. The number of unbranched alkanes of at least 4 members (excludes halogenated alkanes) is 29. The van der Waals surface area contributed by atoms with E-state index in [0.29, 0.717) is 6.42 Å². The lowest BCUT2D eigenvalue weighted by molar-refractivity contribution is -0.161. The van der Waals surface area contributed by atoms with E-state index >= 15 is 0 Å². The maximum atomic E-state index is 12.4. The van der Waals surface area contributed by atoms with Gasteiger partial charge in [-0.2, -0.15) is 0 Å². The molecule has 0 aromatic carbocycles. The van der Waals surface area contributed by atoms with Crippen LogP contribution in [0.15, 0.2) is 12.2 Å². The fourth-order valence-electron chi connectivity index (χ4n) is 6.49. The fourth-order valence-corrected chi connectivity index (χ4v) is 6.85. The minimum absolute atomic E-state index is 0.216. The van der Waals surface area contributed by atoms with Crippen LogP contribution in [-0.4, -0.2) is 41.0 Å². The van der Waals surface area contributed by atoms with Gasteiger partial charge in [-0.05, 0) is 38.5 Å². The van der Waals surface area contributed by atoms with Crippen molar-refractivity contribution in [1.82, 2.24) is 0 Å². The zero-order valence-electron chi connectivity index (χ0n) is 34.0. The number of esters is 2. The van der Waals surface area contributed by atoms with E-state index in [1.54, 1.807) is 0 Å². The van der Waals surface area contributed by atoms with Crippen LogP contribution in [-0.2, 0) is 28.2 Å². The van der Waals surface area contributed by atoms with Gasteiger partial charge in [-0.25, -0.2) is 4.57 Å². The number of carbonyl (C=O) groups is 2. The standard InChI is InChI=1S/C43H83O8P/c1-3-5-7-9-11-13-15-17-18-19-20-21-22-23-24-26-28-30-32-34-36-38-43(45)51-41(40-50-52(46,47)48)39-49-42(44)37-35-33-31-29-27-25-16-14-12-10-8-6-4-2/h14,16,41H,3-13,15,17-40H2,1-2H3,(H2,46,47,48)/b16-14-/t41-/m1/s1. The highest BCUT2D eigenvalue weighted by Crippen LogP contribution is 2.36. The summed E-state index contributed by atoms with van der Waals surface area (Å²) >= 11 is 0. The molecule has 0 bridgehead atoms. The third-order valence-corrected chi connectivity index (χ3v) is 10.3. The summed E-state index contributed by atoms with van der Waals surface area (Å²) in [7, 11) is -4.75. The smallest absolute Gasteiger partial charge is 0.462 e. The Morgan fingerprint density at radius 2 is 0.808 bits per heavy atom. The van der Waals surface area contributed by atoms with Crippen LogP contribution < -0.4 is 0 Å². The molecule has 0 amide bonds. The van der Waals surface area contributed by atoms with Crippen molar-refractivity contribution in [2.45, 2.75) is 238 Å². The van der Waals surface area contributed by atoms with Gasteiger partial charge >= 0.3 is 19.8 Å². The van der Waals surface area contributed by atoms with Crippen molar-refractivity contribution < 1.29 is 37.9 Å². The molecular formula is C43H83O8P. The van der Waals surface area contributed by atoms with E-state index in [9.17, 15) is 14.2 Å². The molecule has 52 heavy (non-hydrogen) atoms. The van der Waals surface area contributed by atoms with Gasteiger partial charge in [0.25, 0.3) is 0 Å². The molecular weight excluding hydrogens is 675 g/mol. The predicted octanol–water partition coefficient (Wildman–Crippen LogP) is 13.4. The third kappa shape index (κ3) is 41.5. The second-order valence-corrected chi connectivity index (χ2v) is 16.3. The molecule has 8 nitrogen and oxygen atoms in total. The summed E-state index contributed by atoms with van der Waals surface area (Å²) in [6, 6.07) is 0. The molecule has 1 atom stereocenters. The zero-order chi connectivity index (χ0) is 38.2. The van der Waals surface area contributed by atoms with Gasteiger partial charge in [-0.1, -0.05) is 193 Å². The van der Waals surface area contributed by atoms with E-state index in [0.717, 1.165) is 51.4 Å². The lowest BCUT2D eigenvalue weighted by atomic mass is 10.0. The van der Waals surface area contributed by atoms with Crippen molar-refractivity contribution in [2.75, 3.05) is 13.2 Å². The number of phosphoric ester groups is 1. The second kappa shape index (κ2) is 39.5. The van der Waals surface area contributed by atoms with Gasteiger partial charge in [0.1, 0.15) is 6.61 Å². The number of carbonyl (C=O) groups excluding carboxylic acids is 2. The van der Waals surface area contributed by atoms with Crippen LogP contribution in [0.25, 0.3) is 0 Å². The average Bonchev–Trinajstić information content (AvgIpc) is 3.11. The zero-order valence-corrected chi connectivity index (χ0v) is 34.9. The van der Waals surface area contributed by atoms with Gasteiger partial charge in [0, 0.05) is 12.8 Å². The summed E-state index contributed by atoms with van der Waals surface area (Å²) in [6.45, 7) is 3.69. The molecule has 0 heterocycles. The third-order valence-electron chi connectivity index (χ3n) is 9.78. The molecule has 0 saturated carbocycles. The lowest BCUT2D eigenvalue weighted by Crippen LogP contribution is -2.29. The van der Waals surface area contributed by atoms with E-state index in [-0.39, 0.29) is 19.4 Å². The van der Waals surface area contributed by atoms with Crippen molar-refractivity contribution in [3.63, 3.8) is 0 Å². The van der Waals surface area contributed by atoms with Crippen LogP contribution >= 0.6 is 7.82 Å². The minimum Gasteiger partial charge on any atom is -0.462 e. The Hall–Kier alpha value is -1.21. The van der Waals surface area contributed by atoms with Gasteiger partial charge < -0.3 is 19.3 Å². The highest BCUT2D eigenvalue weighted by Gasteiger charge is 2.22. The summed E-state index contributed by atoms with van der Waals surface area (Å²) < 4.78 is 26.4. The Kier molecular flexibility index (Phi) is 38.6. The molecule has 0 fully saturated rings. The highest BCUT2D eigenvalue weighted by molar-refractivity contribution is 7.46. The summed E-state index contributed by atoms with van der Waals surface area (Å²) in [4.78, 5) is 42.8. The number of hydrogen-bond acceptors (Lipinski definition) is 6. The SMILES string of the molecule is CCCCCC/C=C\CCCCCCCC(=O)OC[C@H](COP(=O)(O)O)OC(=O)CCCCCCCCCCCCCCCCCCCCCCC. The first-order valence-corrected chi connectivity index (χ1v) is 23.5. The molecule has 0 aliphatic rings. The average molecular weight is 759 g/mol. The number of ether oxygens (including phenoxy) is 2. The number of allylic oxidation sites excluding steroid dienone is 2. The van der Waals surface area contributed by atoms with E-state index in [1.807, 2.05) is 0 Å². The quantitative estimate of drug-likeness (QED) is 0.0274. The summed E-state index contributed by atoms with van der Waals surface area (Å²) in [6.07, 6.45) is 43.7. The van der Waals surface area contributed by atoms with Gasteiger partial charge in [-0.15, -0.1) is 0 Å². The highest BCUT2D eigenvalue weighted by atomic mass is 31.2. The normalized spacial score (nSPS) is 12.5. The van der Waals surface area contributed by atoms with Crippen LogP contribution in [0.4, 0.5) is 0 Å². The first kappa shape index (κ1) is 50.8. The fraction of sp³-hybridized carbons (Fsp3) is 0.907. The molecule has 9 heteroatoms. The molecule has 0 aromatic rings. The Labute approximate surface area is 320 Å². The van der Waals surface area contributed by atoms with E-state index in [1.165, 1.54) is 148 Å². The van der Waals surface area contributed by atoms with E-state index in [2.05, 4.69) is 30.5 Å². The topological polar surface area (TPSA) is 119 Å². The second-order valence-electron chi connectivity index (χ2n) is 15.0. The largest absolute Gasteiger partial charge is 0.469 e. The first-order chi connectivity index (χ1) is 25.3. The molecule has 0 radical (unpaired) electrons. The summed E-state index contributed by atoms with van der Waals surface area (Å²) in [5.41, 5.74) is 0. The molecule has 0 saturated heterocycles. The van der Waals surface area contributed by atoms with Crippen LogP contribution in [0.5, 0.6) is 0 Å². The van der Waals surface area contributed by atoms with Gasteiger partial charge in [-0.3, -0.25) is 14.1 Å². The molecule has 2 N–H and O–H groups in total. The maximum Gasteiger partial charge on any atom is 0.469 e. The van der Waals surface area contributed by atoms with Crippen molar-refractivity contribution >= 4 is 19.8 Å². The molecule has 0 aliphatic heterocycles. The number of hydrogen-bond donors (Lipinski definition) is 2. The van der Waals surface area contributed by atoms with Crippen molar-refractivity contribution in [3.05, 3.63) is 12.2 Å². The number of phosphoric acid groups is 1. The molecule has 308 valence electrons. The van der Waals surface area contributed by atoms with Crippen molar-refractivity contribution in [3.8, 4) is 0 Å².